The van der Waals surface area contributed by atoms with Gasteiger partial charge < -0.3 is 14.8 Å². The molecule has 128 valence electrons. The van der Waals surface area contributed by atoms with Crippen LogP contribution in [0.15, 0.2) is 78.9 Å². The zero-order valence-corrected chi connectivity index (χ0v) is 14.3. The monoisotopic (exact) mass is 342 g/mol. The number of benzene rings is 3. The predicted molar refractivity (Wildman–Crippen MR) is 103 cm³/mol. The van der Waals surface area contributed by atoms with Crippen molar-refractivity contribution in [2.75, 3.05) is 7.11 Å². The van der Waals surface area contributed by atoms with Gasteiger partial charge in [-0.25, -0.2) is 4.98 Å². The van der Waals surface area contributed by atoms with Crippen molar-refractivity contribution in [2.45, 2.75) is 0 Å². The topological polar surface area (TPSA) is 58.1 Å². The minimum Gasteiger partial charge on any atom is -0.507 e. The van der Waals surface area contributed by atoms with Crippen LogP contribution in [-0.4, -0.2) is 22.2 Å². The average Bonchev–Trinajstić information content (AvgIpc) is 3.14. The van der Waals surface area contributed by atoms with Crippen molar-refractivity contribution >= 4 is 0 Å². The average molecular weight is 342 g/mol. The van der Waals surface area contributed by atoms with E-state index in [1.54, 1.807) is 19.2 Å². The van der Waals surface area contributed by atoms with Crippen LogP contribution in [0.5, 0.6) is 11.5 Å². The summed E-state index contributed by atoms with van der Waals surface area (Å²) < 4.78 is 5.42. The van der Waals surface area contributed by atoms with Crippen LogP contribution in [0.3, 0.4) is 0 Å². The van der Waals surface area contributed by atoms with Gasteiger partial charge >= 0.3 is 0 Å². The molecule has 0 atom stereocenters. The van der Waals surface area contributed by atoms with Crippen LogP contribution in [-0.2, 0) is 0 Å². The Kier molecular flexibility index (Phi) is 4.15. The smallest absolute Gasteiger partial charge is 0.146 e. The highest BCUT2D eigenvalue weighted by Crippen LogP contribution is 2.39. The summed E-state index contributed by atoms with van der Waals surface area (Å²) in [6, 6.07) is 25.2. The molecule has 4 aromatic rings. The van der Waals surface area contributed by atoms with E-state index in [1.165, 1.54) is 0 Å². The Morgan fingerprint density at radius 1 is 0.808 bits per heavy atom. The van der Waals surface area contributed by atoms with E-state index in [4.69, 9.17) is 9.72 Å². The van der Waals surface area contributed by atoms with Gasteiger partial charge in [-0.3, -0.25) is 0 Å². The Bertz CT molecular complexity index is 968. The number of rotatable bonds is 4. The summed E-state index contributed by atoms with van der Waals surface area (Å²) in [5, 5.41) is 10.4. The van der Waals surface area contributed by atoms with Gasteiger partial charge in [-0.15, -0.1) is 0 Å². The Hall–Kier alpha value is -3.53. The van der Waals surface area contributed by atoms with E-state index in [1.807, 2.05) is 66.7 Å². The van der Waals surface area contributed by atoms with Crippen LogP contribution < -0.4 is 4.74 Å². The summed E-state index contributed by atoms with van der Waals surface area (Å²) in [6.07, 6.45) is 0. The summed E-state index contributed by atoms with van der Waals surface area (Å²) in [7, 11) is 1.58. The Labute approximate surface area is 151 Å². The van der Waals surface area contributed by atoms with Crippen molar-refractivity contribution in [1.29, 1.82) is 0 Å². The van der Waals surface area contributed by atoms with Crippen molar-refractivity contribution in [3.8, 4) is 45.4 Å². The van der Waals surface area contributed by atoms with Gasteiger partial charge in [0.1, 0.15) is 22.9 Å². The molecule has 26 heavy (non-hydrogen) atoms. The lowest BCUT2D eigenvalue weighted by Crippen LogP contribution is -1.90. The molecule has 0 spiro atoms. The Morgan fingerprint density at radius 2 is 1.46 bits per heavy atom. The molecule has 2 N–H and O–H groups in total. The normalized spacial score (nSPS) is 10.7. The SMILES string of the molecule is COc1cccc(O)c1-c1nc(-c2ccccc2)c(-c2ccccc2)[nH]1. The number of phenolic OH excluding ortho intramolecular Hbond substituents is 1. The Balaban J connectivity index is 1.96. The van der Waals surface area contributed by atoms with E-state index in [-0.39, 0.29) is 5.75 Å². The number of H-pyrrole nitrogens is 1. The maximum Gasteiger partial charge on any atom is 0.146 e. The summed E-state index contributed by atoms with van der Waals surface area (Å²) in [6.45, 7) is 0. The fraction of sp³-hybridized carbons (Fsp3) is 0.0455. The first-order valence-corrected chi connectivity index (χ1v) is 8.35. The minimum absolute atomic E-state index is 0.123. The second kappa shape index (κ2) is 6.76. The van der Waals surface area contributed by atoms with Crippen LogP contribution in [0.1, 0.15) is 0 Å². The molecule has 0 amide bonds. The molecule has 0 unspecified atom stereocenters. The number of aromatic hydroxyl groups is 1. The molecule has 4 rings (SSSR count). The van der Waals surface area contributed by atoms with Gasteiger partial charge in [0.2, 0.25) is 0 Å². The number of ether oxygens (including phenoxy) is 1. The van der Waals surface area contributed by atoms with E-state index in [9.17, 15) is 5.11 Å². The molecule has 0 aliphatic rings. The summed E-state index contributed by atoms with van der Waals surface area (Å²) in [5.74, 6) is 1.26. The van der Waals surface area contributed by atoms with Gasteiger partial charge in [0, 0.05) is 11.1 Å². The number of nitrogens with one attached hydrogen (secondary N) is 1. The summed E-state index contributed by atoms with van der Waals surface area (Å²) >= 11 is 0. The van der Waals surface area contributed by atoms with Gasteiger partial charge in [-0.1, -0.05) is 66.7 Å². The number of aromatic amines is 1. The highest BCUT2D eigenvalue weighted by molar-refractivity contribution is 5.83. The van der Waals surface area contributed by atoms with Crippen molar-refractivity contribution < 1.29 is 9.84 Å². The number of nitrogens with zero attached hydrogens (tertiary/aromatic N) is 1. The molecule has 0 aliphatic heterocycles. The van der Waals surface area contributed by atoms with Gasteiger partial charge in [0.05, 0.1) is 18.5 Å². The van der Waals surface area contributed by atoms with Crippen molar-refractivity contribution in [1.82, 2.24) is 9.97 Å². The highest BCUT2D eigenvalue weighted by atomic mass is 16.5. The Morgan fingerprint density at radius 3 is 2.12 bits per heavy atom. The van der Waals surface area contributed by atoms with Gasteiger partial charge in [-0.05, 0) is 12.1 Å². The maximum absolute atomic E-state index is 10.4. The standard InChI is InChI=1S/C22H18N2O2/c1-26-18-14-8-13-17(25)19(18)22-23-20(15-9-4-2-5-10-15)21(24-22)16-11-6-3-7-12-16/h2-14,25H,1H3,(H,23,24). The molecular weight excluding hydrogens is 324 g/mol. The number of phenols is 1. The molecule has 0 aliphatic carbocycles. The zero-order chi connectivity index (χ0) is 17.9. The van der Waals surface area contributed by atoms with Crippen LogP contribution in [0.25, 0.3) is 33.9 Å². The lowest BCUT2D eigenvalue weighted by Gasteiger charge is -2.07. The second-order valence-corrected chi connectivity index (χ2v) is 5.90. The molecule has 0 saturated carbocycles. The molecule has 4 nitrogen and oxygen atoms in total. The molecule has 0 bridgehead atoms. The van der Waals surface area contributed by atoms with Crippen LogP contribution >= 0.6 is 0 Å². The minimum atomic E-state index is 0.123. The second-order valence-electron chi connectivity index (χ2n) is 5.90. The van der Waals surface area contributed by atoms with E-state index in [0.29, 0.717) is 17.1 Å². The van der Waals surface area contributed by atoms with Gasteiger partial charge in [-0.2, -0.15) is 0 Å². The number of aromatic nitrogens is 2. The third kappa shape index (κ3) is 2.82. The molecule has 0 fully saturated rings. The number of imidazole rings is 1. The predicted octanol–water partition coefficient (Wildman–Crippen LogP) is 5.12. The van der Waals surface area contributed by atoms with Crippen LogP contribution in [0, 0.1) is 0 Å². The third-order valence-electron chi connectivity index (χ3n) is 4.27. The fourth-order valence-corrected chi connectivity index (χ4v) is 3.04. The number of hydrogen-bond donors (Lipinski definition) is 2. The summed E-state index contributed by atoms with van der Waals surface area (Å²) in [4.78, 5) is 8.18. The lowest BCUT2D eigenvalue weighted by molar-refractivity contribution is 0.410. The molecule has 1 aromatic heterocycles. The highest BCUT2D eigenvalue weighted by Gasteiger charge is 2.19. The quantitative estimate of drug-likeness (QED) is 0.541. The van der Waals surface area contributed by atoms with E-state index < -0.39 is 0 Å². The van der Waals surface area contributed by atoms with Crippen molar-refractivity contribution in [2.24, 2.45) is 0 Å². The molecular formula is C22H18N2O2. The van der Waals surface area contributed by atoms with Crippen LogP contribution in [0.2, 0.25) is 0 Å². The molecule has 0 saturated heterocycles. The van der Waals surface area contributed by atoms with Crippen LogP contribution in [0.4, 0.5) is 0 Å². The first-order valence-electron chi connectivity index (χ1n) is 8.35. The summed E-state index contributed by atoms with van der Waals surface area (Å²) in [5.41, 5.74) is 4.31. The third-order valence-corrected chi connectivity index (χ3v) is 4.27. The number of hydrogen-bond acceptors (Lipinski definition) is 3. The largest absolute Gasteiger partial charge is 0.507 e. The fourth-order valence-electron chi connectivity index (χ4n) is 3.04. The van der Waals surface area contributed by atoms with Crippen molar-refractivity contribution in [3.05, 3.63) is 78.9 Å². The van der Waals surface area contributed by atoms with Crippen molar-refractivity contribution in [3.63, 3.8) is 0 Å². The molecule has 3 aromatic carbocycles. The zero-order valence-electron chi connectivity index (χ0n) is 14.3. The first kappa shape index (κ1) is 16.0. The van der Waals surface area contributed by atoms with E-state index in [0.717, 1.165) is 22.5 Å². The van der Waals surface area contributed by atoms with Gasteiger partial charge in [0.15, 0.2) is 0 Å². The molecule has 4 heteroatoms. The van der Waals surface area contributed by atoms with E-state index in [2.05, 4.69) is 4.98 Å². The van der Waals surface area contributed by atoms with E-state index >= 15 is 0 Å². The first-order chi connectivity index (χ1) is 12.8. The lowest BCUT2D eigenvalue weighted by atomic mass is 10.1. The molecule has 1 heterocycles. The molecule has 0 radical (unpaired) electrons. The number of methoxy groups -OCH3 is 1. The maximum atomic E-state index is 10.4. The van der Waals surface area contributed by atoms with Gasteiger partial charge in [0.25, 0.3) is 0 Å².